The van der Waals surface area contributed by atoms with Crippen LogP contribution in [0, 0.1) is 0 Å². The molecule has 1 aromatic heterocycles. The third-order valence-electron chi connectivity index (χ3n) is 2.84. The van der Waals surface area contributed by atoms with Crippen molar-refractivity contribution >= 4 is 35.1 Å². The van der Waals surface area contributed by atoms with E-state index in [1.165, 1.54) is 0 Å². The zero-order chi connectivity index (χ0) is 15.5. The first-order chi connectivity index (χ1) is 10.6. The standard InChI is InChI=1S/C15H9Cl2N3O2/c16-11-5-1-9(2-6-11)13(21)18-15-20-19-14(22-15)10-3-7-12(17)8-4-10/h1-8H,(H,18,20,21). The Hall–Kier alpha value is -2.37. The highest BCUT2D eigenvalue weighted by atomic mass is 35.5. The number of carbonyl (C=O) groups is 1. The first-order valence-corrected chi connectivity index (χ1v) is 7.04. The van der Waals surface area contributed by atoms with E-state index in [4.69, 9.17) is 27.6 Å². The lowest BCUT2D eigenvalue weighted by molar-refractivity contribution is 0.102. The SMILES string of the molecule is O=C(Nc1nnc(-c2ccc(Cl)cc2)o1)c1ccc(Cl)cc1. The molecule has 2 aromatic carbocycles. The molecule has 0 unspecified atom stereocenters. The minimum atomic E-state index is -0.358. The maximum Gasteiger partial charge on any atom is 0.322 e. The number of benzene rings is 2. The summed E-state index contributed by atoms with van der Waals surface area (Å²) in [6, 6.07) is 13.4. The maximum atomic E-state index is 12.0. The summed E-state index contributed by atoms with van der Waals surface area (Å²) in [5.74, 6) is -0.0638. The normalized spacial score (nSPS) is 10.5. The number of amides is 1. The lowest BCUT2D eigenvalue weighted by Crippen LogP contribution is -2.11. The van der Waals surface area contributed by atoms with Crippen molar-refractivity contribution in [2.75, 3.05) is 5.32 Å². The van der Waals surface area contributed by atoms with Gasteiger partial charge in [-0.3, -0.25) is 10.1 Å². The van der Waals surface area contributed by atoms with Crippen molar-refractivity contribution in [2.24, 2.45) is 0 Å². The van der Waals surface area contributed by atoms with Gasteiger partial charge >= 0.3 is 6.01 Å². The Morgan fingerprint density at radius 3 is 2.14 bits per heavy atom. The molecule has 5 nitrogen and oxygen atoms in total. The minimum Gasteiger partial charge on any atom is -0.403 e. The Balaban J connectivity index is 1.75. The highest BCUT2D eigenvalue weighted by Gasteiger charge is 2.12. The first-order valence-electron chi connectivity index (χ1n) is 6.28. The second kappa shape index (κ2) is 6.17. The first kappa shape index (κ1) is 14.6. The topological polar surface area (TPSA) is 68.0 Å². The molecule has 1 amide bonds. The number of hydrogen-bond donors (Lipinski definition) is 1. The van der Waals surface area contributed by atoms with Crippen LogP contribution in [0.15, 0.2) is 52.9 Å². The van der Waals surface area contributed by atoms with Crippen molar-refractivity contribution in [3.63, 3.8) is 0 Å². The predicted octanol–water partition coefficient (Wildman–Crippen LogP) is 4.30. The summed E-state index contributed by atoms with van der Waals surface area (Å²) in [5.41, 5.74) is 1.15. The summed E-state index contributed by atoms with van der Waals surface area (Å²) in [4.78, 5) is 12.0. The molecule has 1 heterocycles. The highest BCUT2D eigenvalue weighted by molar-refractivity contribution is 6.31. The smallest absolute Gasteiger partial charge is 0.322 e. The van der Waals surface area contributed by atoms with Crippen LogP contribution in [0.25, 0.3) is 11.5 Å². The minimum absolute atomic E-state index is 0.0184. The molecule has 0 aliphatic carbocycles. The van der Waals surface area contributed by atoms with Crippen molar-refractivity contribution in [2.45, 2.75) is 0 Å². The molecule has 0 bridgehead atoms. The van der Waals surface area contributed by atoms with Crippen molar-refractivity contribution in [1.82, 2.24) is 10.2 Å². The van der Waals surface area contributed by atoms with Gasteiger partial charge < -0.3 is 4.42 Å². The van der Waals surface area contributed by atoms with Gasteiger partial charge in [0, 0.05) is 21.2 Å². The lowest BCUT2D eigenvalue weighted by Gasteiger charge is -2.00. The van der Waals surface area contributed by atoms with Gasteiger partial charge in [0.05, 0.1) is 0 Å². The van der Waals surface area contributed by atoms with Crippen LogP contribution in [0.4, 0.5) is 6.01 Å². The fraction of sp³-hybridized carbons (Fsp3) is 0. The molecule has 0 spiro atoms. The van der Waals surface area contributed by atoms with Gasteiger partial charge in [0.2, 0.25) is 5.89 Å². The lowest BCUT2D eigenvalue weighted by atomic mass is 10.2. The third kappa shape index (κ3) is 3.27. The fourth-order valence-electron chi connectivity index (χ4n) is 1.75. The number of anilines is 1. The number of halogens is 2. The molecule has 1 N–H and O–H groups in total. The predicted molar refractivity (Wildman–Crippen MR) is 84.1 cm³/mol. The molecule has 110 valence electrons. The van der Waals surface area contributed by atoms with Gasteiger partial charge in [-0.1, -0.05) is 28.3 Å². The van der Waals surface area contributed by atoms with Crippen LogP contribution in [-0.2, 0) is 0 Å². The molecule has 0 fully saturated rings. The third-order valence-corrected chi connectivity index (χ3v) is 3.35. The van der Waals surface area contributed by atoms with Crippen LogP contribution in [0.2, 0.25) is 10.0 Å². The highest BCUT2D eigenvalue weighted by Crippen LogP contribution is 2.22. The van der Waals surface area contributed by atoms with Gasteiger partial charge in [0.1, 0.15) is 0 Å². The number of carbonyl (C=O) groups excluding carboxylic acids is 1. The molecule has 0 saturated heterocycles. The number of hydrogen-bond acceptors (Lipinski definition) is 4. The van der Waals surface area contributed by atoms with Crippen LogP contribution in [0.1, 0.15) is 10.4 Å². The van der Waals surface area contributed by atoms with Gasteiger partial charge in [-0.05, 0) is 48.5 Å². The van der Waals surface area contributed by atoms with Crippen LogP contribution in [-0.4, -0.2) is 16.1 Å². The van der Waals surface area contributed by atoms with E-state index in [-0.39, 0.29) is 11.9 Å². The molecule has 0 saturated carbocycles. The van der Waals surface area contributed by atoms with Crippen molar-refractivity contribution in [3.05, 3.63) is 64.1 Å². The van der Waals surface area contributed by atoms with Crippen molar-refractivity contribution in [1.29, 1.82) is 0 Å². The molecular weight excluding hydrogens is 325 g/mol. The molecule has 0 radical (unpaired) electrons. The Labute approximate surface area is 135 Å². The van der Waals surface area contributed by atoms with E-state index in [0.717, 1.165) is 0 Å². The molecule has 3 rings (SSSR count). The summed E-state index contributed by atoms with van der Waals surface area (Å²) in [5, 5.41) is 11.4. The second-order valence-electron chi connectivity index (χ2n) is 4.38. The van der Waals surface area contributed by atoms with Crippen molar-refractivity contribution < 1.29 is 9.21 Å². The fourth-order valence-corrected chi connectivity index (χ4v) is 2.01. The largest absolute Gasteiger partial charge is 0.403 e. The van der Waals surface area contributed by atoms with Crippen LogP contribution < -0.4 is 5.32 Å². The van der Waals surface area contributed by atoms with E-state index in [2.05, 4.69) is 15.5 Å². The molecule has 0 aliphatic heterocycles. The summed E-state index contributed by atoms with van der Waals surface area (Å²) in [6.07, 6.45) is 0. The summed E-state index contributed by atoms with van der Waals surface area (Å²) >= 11 is 11.6. The Morgan fingerprint density at radius 1 is 0.909 bits per heavy atom. The van der Waals surface area contributed by atoms with Crippen LogP contribution >= 0.6 is 23.2 Å². The average Bonchev–Trinajstić information content (AvgIpc) is 2.97. The molecule has 0 atom stereocenters. The van der Waals surface area contributed by atoms with Crippen LogP contribution in [0.5, 0.6) is 0 Å². The number of rotatable bonds is 3. The Morgan fingerprint density at radius 2 is 1.50 bits per heavy atom. The van der Waals surface area contributed by atoms with Crippen LogP contribution in [0.3, 0.4) is 0 Å². The number of nitrogens with zero attached hydrogens (tertiary/aromatic N) is 2. The zero-order valence-electron chi connectivity index (χ0n) is 11.1. The van der Waals surface area contributed by atoms with E-state index >= 15 is 0 Å². The van der Waals surface area contributed by atoms with Crippen molar-refractivity contribution in [3.8, 4) is 11.5 Å². The zero-order valence-corrected chi connectivity index (χ0v) is 12.6. The van der Waals surface area contributed by atoms with Gasteiger partial charge in [-0.2, -0.15) is 0 Å². The molecule has 3 aromatic rings. The summed E-state index contributed by atoms with van der Waals surface area (Å²) in [6.45, 7) is 0. The van der Waals surface area contributed by atoms with Gasteiger partial charge in [-0.15, -0.1) is 5.10 Å². The van der Waals surface area contributed by atoms with E-state index in [0.29, 0.717) is 27.1 Å². The van der Waals surface area contributed by atoms with Gasteiger partial charge in [0.15, 0.2) is 0 Å². The van der Waals surface area contributed by atoms with Gasteiger partial charge in [-0.25, -0.2) is 0 Å². The molecular formula is C15H9Cl2N3O2. The molecule has 7 heteroatoms. The van der Waals surface area contributed by atoms with E-state index in [1.807, 2.05) is 0 Å². The summed E-state index contributed by atoms with van der Waals surface area (Å²) in [7, 11) is 0. The Bertz CT molecular complexity index is 798. The van der Waals surface area contributed by atoms with E-state index in [1.54, 1.807) is 48.5 Å². The summed E-state index contributed by atoms with van der Waals surface area (Å²) < 4.78 is 5.40. The molecule has 0 aliphatic rings. The average molecular weight is 334 g/mol. The monoisotopic (exact) mass is 333 g/mol. The quantitative estimate of drug-likeness (QED) is 0.776. The molecule has 22 heavy (non-hydrogen) atoms. The second-order valence-corrected chi connectivity index (χ2v) is 5.25. The van der Waals surface area contributed by atoms with E-state index < -0.39 is 0 Å². The number of aromatic nitrogens is 2. The van der Waals surface area contributed by atoms with E-state index in [9.17, 15) is 4.79 Å². The Kier molecular flexibility index (Phi) is 4.09. The number of nitrogens with one attached hydrogen (secondary N) is 1. The maximum absolute atomic E-state index is 12.0. The van der Waals surface area contributed by atoms with Gasteiger partial charge in [0.25, 0.3) is 5.91 Å².